The summed E-state index contributed by atoms with van der Waals surface area (Å²) in [6.07, 6.45) is 0.480. The maximum absolute atomic E-state index is 12.4. The molecule has 2 rings (SSSR count). The molecule has 1 aromatic heterocycles. The molecule has 0 aromatic carbocycles. The van der Waals surface area contributed by atoms with Crippen LogP contribution in [0.25, 0.3) is 0 Å². The molecule has 0 bridgehead atoms. The summed E-state index contributed by atoms with van der Waals surface area (Å²) in [4.78, 5) is 5.85. The summed E-state index contributed by atoms with van der Waals surface area (Å²) in [6, 6.07) is 3.65. The molecule has 0 saturated carbocycles. The molecule has 0 spiro atoms. The van der Waals surface area contributed by atoms with Crippen molar-refractivity contribution in [2.45, 2.75) is 25.1 Å². The van der Waals surface area contributed by atoms with E-state index in [1.165, 1.54) is 4.90 Å². The Morgan fingerprint density at radius 3 is 3.00 bits per heavy atom. The highest BCUT2D eigenvalue weighted by atomic mass is 19.4. The number of likely N-dealkylation sites (tertiary alicyclic amines) is 1. The fourth-order valence-electron chi connectivity index (χ4n) is 2.60. The van der Waals surface area contributed by atoms with E-state index in [2.05, 4.69) is 22.2 Å². The zero-order chi connectivity index (χ0) is 17.4. The second-order valence-corrected chi connectivity index (χ2v) is 5.71. The van der Waals surface area contributed by atoms with E-state index in [0.29, 0.717) is 45.0 Å². The van der Waals surface area contributed by atoms with Crippen molar-refractivity contribution in [3.63, 3.8) is 0 Å². The maximum Gasteiger partial charge on any atom is 0.401 e. The molecular formula is C16H23F3N4O. The molecule has 8 heteroatoms. The van der Waals surface area contributed by atoms with E-state index in [-0.39, 0.29) is 6.04 Å². The van der Waals surface area contributed by atoms with Gasteiger partial charge in [0.15, 0.2) is 5.96 Å². The SMILES string of the molecule is C=CCNC(=NCCc1ccco1)NC1CCN(CC(F)(F)F)C1. The van der Waals surface area contributed by atoms with Gasteiger partial charge in [-0.25, -0.2) is 0 Å². The summed E-state index contributed by atoms with van der Waals surface area (Å²) >= 11 is 0. The number of alkyl halides is 3. The first-order valence-corrected chi connectivity index (χ1v) is 7.93. The van der Waals surface area contributed by atoms with E-state index in [0.717, 1.165) is 5.76 Å². The van der Waals surface area contributed by atoms with Gasteiger partial charge in [-0.05, 0) is 18.6 Å². The van der Waals surface area contributed by atoms with Crippen LogP contribution in [-0.2, 0) is 6.42 Å². The van der Waals surface area contributed by atoms with E-state index < -0.39 is 12.7 Å². The first-order valence-electron chi connectivity index (χ1n) is 7.93. The predicted octanol–water partition coefficient (Wildman–Crippen LogP) is 2.18. The lowest BCUT2D eigenvalue weighted by atomic mass is 10.3. The first kappa shape index (κ1) is 18.4. The number of hydrogen-bond donors (Lipinski definition) is 2. The second kappa shape index (κ2) is 8.77. The minimum atomic E-state index is -4.16. The number of guanidine groups is 1. The standard InChI is InChI=1S/C16H23F3N4O/c1-2-7-20-15(21-8-5-14-4-3-10-24-14)22-13-6-9-23(11-13)12-16(17,18)19/h2-4,10,13H,1,5-9,11-12H2,(H2,20,21,22). The fourth-order valence-corrected chi connectivity index (χ4v) is 2.60. The van der Waals surface area contributed by atoms with Crippen LogP contribution >= 0.6 is 0 Å². The van der Waals surface area contributed by atoms with Crippen LogP contribution in [0.4, 0.5) is 13.2 Å². The Morgan fingerprint density at radius 2 is 2.33 bits per heavy atom. The van der Waals surface area contributed by atoms with Crippen LogP contribution in [0.3, 0.4) is 0 Å². The number of aliphatic imine (C=N–C) groups is 1. The lowest BCUT2D eigenvalue weighted by Crippen LogP contribution is -2.45. The third-order valence-corrected chi connectivity index (χ3v) is 3.64. The summed E-state index contributed by atoms with van der Waals surface area (Å²) in [7, 11) is 0. The number of rotatable bonds is 7. The second-order valence-electron chi connectivity index (χ2n) is 5.71. The summed E-state index contributed by atoms with van der Waals surface area (Å²) in [5.74, 6) is 1.43. The monoisotopic (exact) mass is 344 g/mol. The Kier molecular flexibility index (Phi) is 6.72. The number of nitrogens with zero attached hydrogens (tertiary/aromatic N) is 2. The van der Waals surface area contributed by atoms with Gasteiger partial charge in [0.25, 0.3) is 0 Å². The minimum Gasteiger partial charge on any atom is -0.469 e. The molecule has 1 fully saturated rings. The zero-order valence-corrected chi connectivity index (χ0v) is 13.5. The Balaban J connectivity index is 1.83. The third kappa shape index (κ3) is 6.66. The first-order chi connectivity index (χ1) is 11.5. The predicted molar refractivity (Wildman–Crippen MR) is 86.9 cm³/mol. The molecule has 1 aliphatic rings. The largest absolute Gasteiger partial charge is 0.469 e. The average molecular weight is 344 g/mol. The van der Waals surface area contributed by atoms with Gasteiger partial charge >= 0.3 is 6.18 Å². The summed E-state index contributed by atoms with van der Waals surface area (Å²) < 4.78 is 42.6. The molecule has 1 atom stereocenters. The summed E-state index contributed by atoms with van der Waals surface area (Å²) in [5.41, 5.74) is 0. The summed E-state index contributed by atoms with van der Waals surface area (Å²) in [6.45, 7) is 4.62. The van der Waals surface area contributed by atoms with Gasteiger partial charge < -0.3 is 15.1 Å². The van der Waals surface area contributed by atoms with Crippen LogP contribution in [0.5, 0.6) is 0 Å². The Hall–Kier alpha value is -1.96. The van der Waals surface area contributed by atoms with E-state index in [1.54, 1.807) is 12.3 Å². The number of halogens is 3. The lowest BCUT2D eigenvalue weighted by Gasteiger charge is -2.19. The molecule has 0 amide bonds. The molecular weight excluding hydrogens is 321 g/mol. The van der Waals surface area contributed by atoms with Crippen molar-refractivity contribution in [3.05, 3.63) is 36.8 Å². The van der Waals surface area contributed by atoms with Crippen LogP contribution < -0.4 is 10.6 Å². The zero-order valence-electron chi connectivity index (χ0n) is 13.5. The minimum absolute atomic E-state index is 0.0490. The quantitative estimate of drug-likeness (QED) is 0.452. The van der Waals surface area contributed by atoms with Gasteiger partial charge in [0, 0.05) is 38.6 Å². The van der Waals surface area contributed by atoms with Gasteiger partial charge in [-0.1, -0.05) is 6.08 Å². The highest BCUT2D eigenvalue weighted by Gasteiger charge is 2.34. The van der Waals surface area contributed by atoms with E-state index in [4.69, 9.17) is 4.42 Å². The summed E-state index contributed by atoms with van der Waals surface area (Å²) in [5, 5.41) is 6.29. The normalized spacial score (nSPS) is 19.5. The molecule has 1 unspecified atom stereocenters. The molecule has 1 saturated heterocycles. The van der Waals surface area contributed by atoms with Crippen LogP contribution in [0.1, 0.15) is 12.2 Å². The van der Waals surface area contributed by atoms with Crippen molar-refractivity contribution in [1.82, 2.24) is 15.5 Å². The molecule has 2 N–H and O–H groups in total. The highest BCUT2D eigenvalue weighted by molar-refractivity contribution is 5.80. The van der Waals surface area contributed by atoms with Gasteiger partial charge in [0.1, 0.15) is 5.76 Å². The molecule has 5 nitrogen and oxygen atoms in total. The van der Waals surface area contributed by atoms with E-state index in [9.17, 15) is 13.2 Å². The van der Waals surface area contributed by atoms with Gasteiger partial charge in [-0.3, -0.25) is 9.89 Å². The smallest absolute Gasteiger partial charge is 0.401 e. The van der Waals surface area contributed by atoms with Gasteiger partial charge in [-0.15, -0.1) is 6.58 Å². The van der Waals surface area contributed by atoms with Gasteiger partial charge in [0.05, 0.1) is 12.8 Å². The number of hydrogen-bond acceptors (Lipinski definition) is 3. The Labute approximate surface area is 139 Å². The van der Waals surface area contributed by atoms with Crippen LogP contribution in [0.2, 0.25) is 0 Å². The van der Waals surface area contributed by atoms with Gasteiger partial charge in [0.2, 0.25) is 0 Å². The van der Waals surface area contributed by atoms with Crippen LogP contribution in [0.15, 0.2) is 40.5 Å². The number of nitrogens with one attached hydrogen (secondary N) is 2. The van der Waals surface area contributed by atoms with Crippen LogP contribution in [-0.4, -0.2) is 55.8 Å². The molecule has 24 heavy (non-hydrogen) atoms. The topological polar surface area (TPSA) is 52.8 Å². The highest BCUT2D eigenvalue weighted by Crippen LogP contribution is 2.19. The lowest BCUT2D eigenvalue weighted by molar-refractivity contribution is -0.143. The van der Waals surface area contributed by atoms with Crippen molar-refractivity contribution < 1.29 is 17.6 Å². The van der Waals surface area contributed by atoms with Crippen molar-refractivity contribution in [3.8, 4) is 0 Å². The molecule has 0 radical (unpaired) electrons. The fraction of sp³-hybridized carbons (Fsp3) is 0.562. The van der Waals surface area contributed by atoms with Gasteiger partial charge in [-0.2, -0.15) is 13.2 Å². The third-order valence-electron chi connectivity index (χ3n) is 3.64. The molecule has 1 aliphatic heterocycles. The van der Waals surface area contributed by atoms with Crippen molar-refractivity contribution in [1.29, 1.82) is 0 Å². The van der Waals surface area contributed by atoms with Crippen molar-refractivity contribution in [2.24, 2.45) is 4.99 Å². The molecule has 134 valence electrons. The molecule has 1 aromatic rings. The van der Waals surface area contributed by atoms with E-state index >= 15 is 0 Å². The van der Waals surface area contributed by atoms with Crippen molar-refractivity contribution >= 4 is 5.96 Å². The molecule has 2 heterocycles. The maximum atomic E-state index is 12.4. The van der Waals surface area contributed by atoms with Crippen molar-refractivity contribution in [2.75, 3.05) is 32.7 Å². The number of furan rings is 1. The Bertz CT molecular complexity index is 528. The average Bonchev–Trinajstić information content (AvgIpc) is 3.15. The Morgan fingerprint density at radius 1 is 1.50 bits per heavy atom. The van der Waals surface area contributed by atoms with E-state index in [1.807, 2.05) is 12.1 Å². The molecule has 0 aliphatic carbocycles. The van der Waals surface area contributed by atoms with Crippen LogP contribution in [0, 0.1) is 0 Å².